The van der Waals surface area contributed by atoms with Crippen molar-refractivity contribution in [3.8, 4) is 0 Å². The van der Waals surface area contributed by atoms with Crippen molar-refractivity contribution < 1.29 is 18.8 Å². The standard InChI is InChI=1S/C18H19ClFN5O3/c1-10-8-14(23-25(10)2)17(26)21-6-7-22-18(27)15-9-13(24-28-15)16-11(19)4-3-5-12(16)20/h3-5,8,15H,6-7,9H2,1-2H3,(H,21,26)(H,22,27). The second-order valence-electron chi connectivity index (χ2n) is 6.27. The van der Waals surface area contributed by atoms with Crippen LogP contribution in [0.4, 0.5) is 4.39 Å². The quantitative estimate of drug-likeness (QED) is 0.710. The van der Waals surface area contributed by atoms with Crippen molar-refractivity contribution in [2.45, 2.75) is 19.4 Å². The molecular weight excluding hydrogens is 389 g/mol. The Morgan fingerprint density at radius 2 is 2.11 bits per heavy atom. The lowest BCUT2D eigenvalue weighted by Crippen LogP contribution is -2.40. The van der Waals surface area contributed by atoms with E-state index in [1.807, 2.05) is 6.92 Å². The molecular formula is C18H19ClFN5O3. The first-order valence-corrected chi connectivity index (χ1v) is 8.98. The molecule has 0 aliphatic carbocycles. The van der Waals surface area contributed by atoms with Crippen molar-refractivity contribution >= 4 is 29.1 Å². The van der Waals surface area contributed by atoms with E-state index in [-0.39, 0.29) is 41.7 Å². The monoisotopic (exact) mass is 407 g/mol. The molecule has 8 nitrogen and oxygen atoms in total. The van der Waals surface area contributed by atoms with Crippen molar-refractivity contribution in [3.05, 3.63) is 52.1 Å². The van der Waals surface area contributed by atoms with Gasteiger partial charge in [0.15, 0.2) is 0 Å². The second-order valence-corrected chi connectivity index (χ2v) is 6.68. The summed E-state index contributed by atoms with van der Waals surface area (Å²) in [5.41, 5.74) is 1.59. The van der Waals surface area contributed by atoms with E-state index in [1.165, 1.54) is 12.1 Å². The molecule has 0 spiro atoms. The number of carbonyl (C=O) groups excluding carboxylic acids is 2. The number of amides is 2. The van der Waals surface area contributed by atoms with Crippen molar-refractivity contribution in [2.75, 3.05) is 13.1 Å². The van der Waals surface area contributed by atoms with Gasteiger partial charge in [-0.2, -0.15) is 5.10 Å². The predicted molar refractivity (Wildman–Crippen MR) is 101 cm³/mol. The largest absolute Gasteiger partial charge is 0.382 e. The van der Waals surface area contributed by atoms with Crippen molar-refractivity contribution in [1.29, 1.82) is 0 Å². The van der Waals surface area contributed by atoms with E-state index < -0.39 is 17.8 Å². The summed E-state index contributed by atoms with van der Waals surface area (Å²) >= 11 is 6.01. The van der Waals surface area contributed by atoms with Crippen LogP contribution in [-0.4, -0.2) is 46.5 Å². The fourth-order valence-electron chi connectivity index (χ4n) is 2.68. The molecule has 2 amide bonds. The molecule has 0 radical (unpaired) electrons. The number of benzene rings is 1. The van der Waals surface area contributed by atoms with Crippen LogP contribution in [0, 0.1) is 12.7 Å². The molecule has 3 rings (SSSR count). The van der Waals surface area contributed by atoms with Gasteiger partial charge in [-0.3, -0.25) is 14.3 Å². The summed E-state index contributed by atoms with van der Waals surface area (Å²) in [5.74, 6) is -1.26. The average Bonchev–Trinajstić information content (AvgIpc) is 3.26. The van der Waals surface area contributed by atoms with Gasteiger partial charge in [-0.15, -0.1) is 0 Å². The zero-order valence-electron chi connectivity index (χ0n) is 15.3. The summed E-state index contributed by atoms with van der Waals surface area (Å²) < 4.78 is 15.6. The first-order chi connectivity index (χ1) is 13.4. The summed E-state index contributed by atoms with van der Waals surface area (Å²) in [6.45, 7) is 2.27. The maximum absolute atomic E-state index is 14.0. The molecule has 0 fully saturated rings. The minimum atomic E-state index is -0.875. The number of hydrogen-bond donors (Lipinski definition) is 2. The molecule has 10 heteroatoms. The van der Waals surface area contributed by atoms with Gasteiger partial charge in [0.25, 0.3) is 11.8 Å². The van der Waals surface area contributed by atoms with E-state index in [4.69, 9.17) is 16.4 Å². The van der Waals surface area contributed by atoms with Crippen LogP contribution in [0.5, 0.6) is 0 Å². The van der Waals surface area contributed by atoms with E-state index in [0.717, 1.165) is 5.69 Å². The van der Waals surface area contributed by atoms with Gasteiger partial charge in [0, 0.05) is 32.3 Å². The van der Waals surface area contributed by atoms with E-state index in [0.29, 0.717) is 5.69 Å². The lowest BCUT2D eigenvalue weighted by molar-refractivity contribution is -0.131. The van der Waals surface area contributed by atoms with E-state index >= 15 is 0 Å². The molecule has 1 aliphatic rings. The molecule has 0 saturated heterocycles. The number of carbonyl (C=O) groups is 2. The van der Waals surface area contributed by atoms with Crippen LogP contribution in [0.1, 0.15) is 28.2 Å². The number of nitrogens with one attached hydrogen (secondary N) is 2. The third kappa shape index (κ3) is 4.30. The van der Waals surface area contributed by atoms with Crippen LogP contribution in [0.2, 0.25) is 5.02 Å². The Hall–Kier alpha value is -2.94. The highest BCUT2D eigenvalue weighted by molar-refractivity contribution is 6.34. The van der Waals surface area contributed by atoms with Gasteiger partial charge in [0.05, 0.1) is 16.3 Å². The highest BCUT2D eigenvalue weighted by Gasteiger charge is 2.30. The van der Waals surface area contributed by atoms with Crippen LogP contribution >= 0.6 is 11.6 Å². The molecule has 0 bridgehead atoms. The van der Waals surface area contributed by atoms with Gasteiger partial charge < -0.3 is 15.5 Å². The van der Waals surface area contributed by atoms with Gasteiger partial charge in [-0.1, -0.05) is 22.8 Å². The van der Waals surface area contributed by atoms with Crippen LogP contribution in [0.3, 0.4) is 0 Å². The lowest BCUT2D eigenvalue weighted by Gasteiger charge is -2.10. The summed E-state index contributed by atoms with van der Waals surface area (Å²) in [7, 11) is 1.75. The predicted octanol–water partition coefficient (Wildman–Crippen LogP) is 1.56. The Morgan fingerprint density at radius 1 is 1.36 bits per heavy atom. The lowest BCUT2D eigenvalue weighted by atomic mass is 10.0. The van der Waals surface area contributed by atoms with Crippen LogP contribution < -0.4 is 10.6 Å². The number of aromatic nitrogens is 2. The summed E-state index contributed by atoms with van der Waals surface area (Å²) in [5, 5.41) is 13.4. The topological polar surface area (TPSA) is 97.6 Å². The number of hydrogen-bond acceptors (Lipinski definition) is 5. The third-order valence-corrected chi connectivity index (χ3v) is 4.58. The summed E-state index contributed by atoms with van der Waals surface area (Å²) in [6, 6.07) is 5.97. The molecule has 1 aromatic carbocycles. The number of nitrogens with zero attached hydrogens (tertiary/aromatic N) is 3. The number of rotatable bonds is 6. The number of aryl methyl sites for hydroxylation is 2. The number of oxime groups is 1. The van der Waals surface area contributed by atoms with Crippen LogP contribution in [-0.2, 0) is 16.7 Å². The highest BCUT2D eigenvalue weighted by atomic mass is 35.5. The van der Waals surface area contributed by atoms with Gasteiger partial charge in [0.2, 0.25) is 6.10 Å². The molecule has 2 heterocycles. The van der Waals surface area contributed by atoms with Crippen LogP contribution in [0.15, 0.2) is 29.4 Å². The SMILES string of the molecule is Cc1cc(C(=O)NCCNC(=O)C2CC(c3c(F)cccc3Cl)=NO2)nn1C. The fourth-order valence-corrected chi connectivity index (χ4v) is 2.95. The second kappa shape index (κ2) is 8.39. The Bertz CT molecular complexity index is 904. The summed E-state index contributed by atoms with van der Waals surface area (Å²) in [4.78, 5) is 29.3. The molecule has 1 atom stereocenters. The normalized spacial score (nSPS) is 15.7. The van der Waals surface area contributed by atoms with Crippen molar-refractivity contribution in [3.63, 3.8) is 0 Å². The molecule has 2 aromatic rings. The van der Waals surface area contributed by atoms with Crippen molar-refractivity contribution in [1.82, 2.24) is 20.4 Å². The average molecular weight is 408 g/mol. The molecule has 0 saturated carbocycles. The van der Waals surface area contributed by atoms with E-state index in [1.54, 1.807) is 23.9 Å². The Labute approximate surface area is 165 Å². The molecule has 1 unspecified atom stereocenters. The maximum atomic E-state index is 14.0. The van der Waals surface area contributed by atoms with Gasteiger partial charge in [-0.25, -0.2) is 4.39 Å². The molecule has 1 aliphatic heterocycles. The number of halogens is 2. The summed E-state index contributed by atoms with van der Waals surface area (Å²) in [6.07, 6.45) is -0.772. The van der Waals surface area contributed by atoms with Gasteiger partial charge in [-0.05, 0) is 25.1 Å². The van der Waals surface area contributed by atoms with Crippen molar-refractivity contribution in [2.24, 2.45) is 12.2 Å². The van der Waals surface area contributed by atoms with Gasteiger partial charge in [0.1, 0.15) is 11.5 Å². The fraction of sp³-hybridized carbons (Fsp3) is 0.333. The molecule has 1 aromatic heterocycles. The highest BCUT2D eigenvalue weighted by Crippen LogP contribution is 2.25. The molecule has 28 heavy (non-hydrogen) atoms. The molecule has 2 N–H and O–H groups in total. The Morgan fingerprint density at radius 3 is 2.79 bits per heavy atom. The minimum absolute atomic E-state index is 0.103. The minimum Gasteiger partial charge on any atom is -0.382 e. The maximum Gasteiger partial charge on any atom is 0.271 e. The first kappa shape index (κ1) is 19.8. The Kier molecular flexibility index (Phi) is 5.93. The molecule has 148 valence electrons. The van der Waals surface area contributed by atoms with Crippen LogP contribution in [0.25, 0.3) is 0 Å². The van der Waals surface area contributed by atoms with E-state index in [9.17, 15) is 14.0 Å². The zero-order valence-corrected chi connectivity index (χ0v) is 16.1. The zero-order chi connectivity index (χ0) is 20.3. The van der Waals surface area contributed by atoms with Gasteiger partial charge >= 0.3 is 0 Å². The third-order valence-electron chi connectivity index (χ3n) is 4.27. The Balaban J connectivity index is 1.44. The van der Waals surface area contributed by atoms with E-state index in [2.05, 4.69) is 20.9 Å². The smallest absolute Gasteiger partial charge is 0.271 e. The first-order valence-electron chi connectivity index (χ1n) is 8.60.